The Balaban J connectivity index is 2.53. The van der Waals surface area contributed by atoms with Crippen LogP contribution in [0.4, 0.5) is 5.69 Å². The zero-order chi connectivity index (χ0) is 17.1. The summed E-state index contributed by atoms with van der Waals surface area (Å²) in [7, 11) is 3.77. The van der Waals surface area contributed by atoms with Gasteiger partial charge in [0.15, 0.2) is 0 Å². The molecule has 118 valence electrons. The van der Waals surface area contributed by atoms with E-state index in [1.165, 1.54) is 0 Å². The maximum Gasteiger partial charge on any atom is 0.135 e. The summed E-state index contributed by atoms with van der Waals surface area (Å²) in [6.45, 7) is 0.888. The third-order valence-electron chi connectivity index (χ3n) is 3.34. The van der Waals surface area contributed by atoms with Crippen LogP contribution in [0.1, 0.15) is 0 Å². The van der Waals surface area contributed by atoms with Gasteiger partial charge in [0.2, 0.25) is 0 Å². The first-order valence-electron chi connectivity index (χ1n) is 6.67. The van der Waals surface area contributed by atoms with E-state index in [0.29, 0.717) is 39.4 Å². The van der Waals surface area contributed by atoms with Gasteiger partial charge in [0.1, 0.15) is 17.7 Å². The van der Waals surface area contributed by atoms with E-state index in [4.69, 9.17) is 34.8 Å². The predicted molar refractivity (Wildman–Crippen MR) is 93.7 cm³/mol. The Morgan fingerprint density at radius 1 is 1.13 bits per heavy atom. The highest BCUT2D eigenvalue weighted by molar-refractivity contribution is 6.41. The lowest BCUT2D eigenvalue weighted by molar-refractivity contribution is 0.559. The van der Waals surface area contributed by atoms with Crippen LogP contribution in [0.15, 0.2) is 35.1 Å². The first-order chi connectivity index (χ1) is 10.9. The largest absolute Gasteiger partial charge is 0.383 e. The minimum Gasteiger partial charge on any atom is -0.383 e. The van der Waals surface area contributed by atoms with E-state index in [0.717, 1.165) is 5.57 Å². The second kappa shape index (κ2) is 7.15. The van der Waals surface area contributed by atoms with E-state index in [2.05, 4.69) is 0 Å². The molecular formula is C16H13Cl3N4. The summed E-state index contributed by atoms with van der Waals surface area (Å²) in [6, 6.07) is 7.15. The Morgan fingerprint density at radius 3 is 2.17 bits per heavy atom. The van der Waals surface area contributed by atoms with Crippen molar-refractivity contribution in [3.8, 4) is 12.1 Å². The van der Waals surface area contributed by atoms with Crippen LogP contribution in [0.25, 0.3) is 0 Å². The average molecular weight is 368 g/mol. The summed E-state index contributed by atoms with van der Waals surface area (Å²) in [5.74, 6) is 0. The Morgan fingerprint density at radius 2 is 1.70 bits per heavy atom. The number of benzene rings is 1. The van der Waals surface area contributed by atoms with Gasteiger partial charge >= 0.3 is 0 Å². The van der Waals surface area contributed by atoms with Gasteiger partial charge in [-0.05, 0) is 17.7 Å². The molecular weight excluding hydrogens is 355 g/mol. The fourth-order valence-corrected chi connectivity index (χ4v) is 3.53. The maximum atomic E-state index is 9.18. The smallest absolute Gasteiger partial charge is 0.135 e. The van der Waals surface area contributed by atoms with E-state index in [9.17, 15) is 10.5 Å². The van der Waals surface area contributed by atoms with Crippen molar-refractivity contribution in [1.29, 1.82) is 10.5 Å². The Kier molecular flexibility index (Phi) is 5.44. The summed E-state index contributed by atoms with van der Waals surface area (Å²) in [5.41, 5.74) is 2.32. The van der Waals surface area contributed by atoms with Gasteiger partial charge in [0.05, 0.1) is 15.7 Å². The lowest BCUT2D eigenvalue weighted by Gasteiger charge is -2.20. The summed E-state index contributed by atoms with van der Waals surface area (Å²) in [6.07, 6.45) is 1.89. The van der Waals surface area contributed by atoms with Crippen molar-refractivity contribution < 1.29 is 0 Å². The van der Waals surface area contributed by atoms with Crippen molar-refractivity contribution >= 4 is 40.5 Å². The molecule has 0 unspecified atom stereocenters. The van der Waals surface area contributed by atoms with Gasteiger partial charge < -0.3 is 9.80 Å². The van der Waals surface area contributed by atoms with Crippen molar-refractivity contribution in [1.82, 2.24) is 4.90 Å². The summed E-state index contributed by atoms with van der Waals surface area (Å²) in [5, 5.41) is 19.7. The van der Waals surface area contributed by atoms with E-state index in [1.807, 2.05) is 42.2 Å². The molecule has 0 aliphatic carbocycles. The van der Waals surface area contributed by atoms with E-state index in [-0.39, 0.29) is 5.57 Å². The SMILES string of the molecule is CN(C)C=C1CN(c2c(Cl)cc(Cl)cc2Cl)CC1=C(C#N)C#N. The molecule has 0 spiro atoms. The van der Waals surface area contributed by atoms with Gasteiger partial charge in [0.25, 0.3) is 0 Å². The normalized spacial score (nSPS) is 15.5. The molecule has 1 heterocycles. The second-order valence-electron chi connectivity index (χ2n) is 5.27. The summed E-state index contributed by atoms with van der Waals surface area (Å²) in [4.78, 5) is 3.80. The molecule has 1 aliphatic rings. The average Bonchev–Trinajstić information content (AvgIpc) is 2.82. The number of anilines is 1. The third-order valence-corrected chi connectivity index (χ3v) is 4.13. The van der Waals surface area contributed by atoms with E-state index < -0.39 is 0 Å². The molecule has 0 radical (unpaired) electrons. The minimum absolute atomic E-state index is 0.0989. The molecule has 0 amide bonds. The van der Waals surface area contributed by atoms with Crippen molar-refractivity contribution in [3.05, 3.63) is 50.1 Å². The van der Waals surface area contributed by atoms with Gasteiger partial charge in [-0.15, -0.1) is 0 Å². The molecule has 0 N–H and O–H groups in total. The molecule has 7 heteroatoms. The fourth-order valence-electron chi connectivity index (χ4n) is 2.47. The first kappa shape index (κ1) is 17.5. The van der Waals surface area contributed by atoms with Crippen LogP contribution in [-0.2, 0) is 0 Å². The number of rotatable bonds is 2. The van der Waals surface area contributed by atoms with Gasteiger partial charge in [0, 0.05) is 44.0 Å². The molecule has 0 aromatic heterocycles. The van der Waals surface area contributed by atoms with Gasteiger partial charge in [-0.3, -0.25) is 0 Å². The zero-order valence-electron chi connectivity index (χ0n) is 12.6. The topological polar surface area (TPSA) is 54.1 Å². The molecule has 23 heavy (non-hydrogen) atoms. The van der Waals surface area contributed by atoms with Crippen LogP contribution in [0.5, 0.6) is 0 Å². The molecule has 0 bridgehead atoms. The standard InChI is InChI=1S/C16H13Cl3N4/c1-22(2)7-11-8-23(9-13(11)10(5-20)6-21)16-14(18)3-12(17)4-15(16)19/h3-4,7H,8-9H2,1-2H3. The zero-order valence-corrected chi connectivity index (χ0v) is 14.8. The molecule has 1 aromatic rings. The van der Waals surface area contributed by atoms with Crippen LogP contribution in [0, 0.1) is 22.7 Å². The number of allylic oxidation sites excluding steroid dienone is 1. The van der Waals surface area contributed by atoms with E-state index >= 15 is 0 Å². The Hall–Kier alpha value is -1.85. The number of halogens is 3. The molecule has 4 nitrogen and oxygen atoms in total. The van der Waals surface area contributed by atoms with Gasteiger partial charge in [-0.25, -0.2) is 0 Å². The number of hydrogen-bond donors (Lipinski definition) is 0. The molecule has 1 fully saturated rings. The number of hydrogen-bond acceptors (Lipinski definition) is 4. The molecule has 1 saturated heterocycles. The molecule has 0 atom stereocenters. The van der Waals surface area contributed by atoms with Crippen molar-refractivity contribution in [2.75, 3.05) is 32.1 Å². The third kappa shape index (κ3) is 3.74. The van der Waals surface area contributed by atoms with Crippen LogP contribution >= 0.6 is 34.8 Å². The first-order valence-corrected chi connectivity index (χ1v) is 7.81. The summed E-state index contributed by atoms with van der Waals surface area (Å²) >= 11 is 18.5. The van der Waals surface area contributed by atoms with Crippen LogP contribution in [0.2, 0.25) is 15.1 Å². The quantitative estimate of drug-likeness (QED) is 0.733. The van der Waals surface area contributed by atoms with Crippen molar-refractivity contribution in [3.63, 3.8) is 0 Å². The highest BCUT2D eigenvalue weighted by Gasteiger charge is 2.28. The van der Waals surface area contributed by atoms with Crippen molar-refractivity contribution in [2.24, 2.45) is 0 Å². The predicted octanol–water partition coefficient (Wildman–Crippen LogP) is 4.26. The molecule has 1 aromatic carbocycles. The van der Waals surface area contributed by atoms with Crippen LogP contribution in [0.3, 0.4) is 0 Å². The van der Waals surface area contributed by atoms with Gasteiger partial charge in [-0.2, -0.15) is 10.5 Å². The Bertz CT molecular complexity index is 742. The fraction of sp³-hybridized carbons (Fsp3) is 0.250. The van der Waals surface area contributed by atoms with E-state index in [1.54, 1.807) is 12.1 Å². The molecule has 2 rings (SSSR count). The number of nitriles is 2. The summed E-state index contributed by atoms with van der Waals surface area (Å²) < 4.78 is 0. The highest BCUT2D eigenvalue weighted by Crippen LogP contribution is 2.40. The highest BCUT2D eigenvalue weighted by atomic mass is 35.5. The lowest BCUT2D eigenvalue weighted by Crippen LogP contribution is -2.19. The van der Waals surface area contributed by atoms with Gasteiger partial charge in [-0.1, -0.05) is 34.8 Å². The number of nitrogens with zero attached hydrogens (tertiary/aromatic N) is 4. The maximum absolute atomic E-state index is 9.18. The molecule has 1 aliphatic heterocycles. The Labute approximate surface area is 150 Å². The monoisotopic (exact) mass is 366 g/mol. The van der Waals surface area contributed by atoms with Crippen molar-refractivity contribution in [2.45, 2.75) is 0 Å². The second-order valence-corrected chi connectivity index (χ2v) is 6.52. The lowest BCUT2D eigenvalue weighted by atomic mass is 10.1. The molecule has 0 saturated carbocycles. The minimum atomic E-state index is 0.0989. The van der Waals surface area contributed by atoms with Crippen LogP contribution in [-0.4, -0.2) is 32.1 Å². The van der Waals surface area contributed by atoms with Crippen LogP contribution < -0.4 is 4.90 Å².